The molecule has 0 aliphatic carbocycles. The van der Waals surface area contributed by atoms with Crippen LogP contribution in [-0.4, -0.2) is 16.5 Å². The summed E-state index contributed by atoms with van der Waals surface area (Å²) in [7, 11) is 0. The molecule has 2 aromatic heterocycles. The molecule has 0 bridgehead atoms. The SMILES string of the molecule is C[C@@H](CNc1ccc(Br)c(-c2ccncc2)n1)[C@H](N)c1ccccc1. The Morgan fingerprint density at radius 3 is 2.48 bits per heavy atom. The van der Waals surface area contributed by atoms with Crippen LogP contribution in [0.15, 0.2) is 71.5 Å². The summed E-state index contributed by atoms with van der Waals surface area (Å²) in [6.45, 7) is 2.90. The van der Waals surface area contributed by atoms with Gasteiger partial charge in [0, 0.05) is 35.0 Å². The normalized spacial score (nSPS) is 13.2. The van der Waals surface area contributed by atoms with E-state index in [2.05, 4.69) is 45.3 Å². The highest BCUT2D eigenvalue weighted by Crippen LogP contribution is 2.27. The molecule has 128 valence electrons. The number of nitrogens with zero attached hydrogens (tertiary/aromatic N) is 2. The Kier molecular flexibility index (Phi) is 5.79. The van der Waals surface area contributed by atoms with Crippen LogP contribution in [0.3, 0.4) is 0 Å². The Morgan fingerprint density at radius 1 is 1.04 bits per heavy atom. The van der Waals surface area contributed by atoms with Crippen molar-refractivity contribution in [3.8, 4) is 11.3 Å². The molecule has 25 heavy (non-hydrogen) atoms. The van der Waals surface area contributed by atoms with Crippen molar-refractivity contribution in [1.82, 2.24) is 9.97 Å². The Labute approximate surface area is 156 Å². The number of halogens is 1. The molecule has 0 amide bonds. The molecule has 0 spiro atoms. The number of pyridine rings is 2. The Balaban J connectivity index is 1.69. The summed E-state index contributed by atoms with van der Waals surface area (Å²) >= 11 is 3.57. The lowest BCUT2D eigenvalue weighted by Gasteiger charge is -2.21. The standard InChI is InChI=1S/C20H21BrN4/c1-14(19(22)15-5-3-2-4-6-15)13-24-18-8-7-17(21)20(25-18)16-9-11-23-12-10-16/h2-12,14,19H,13,22H2,1H3,(H,24,25)/t14-,19-/m0/s1. The molecule has 0 unspecified atom stereocenters. The van der Waals surface area contributed by atoms with Crippen molar-refractivity contribution in [2.24, 2.45) is 11.7 Å². The van der Waals surface area contributed by atoms with Gasteiger partial charge in [0.1, 0.15) is 5.82 Å². The zero-order valence-corrected chi connectivity index (χ0v) is 15.6. The van der Waals surface area contributed by atoms with Crippen LogP contribution >= 0.6 is 15.9 Å². The second-order valence-electron chi connectivity index (χ2n) is 6.06. The van der Waals surface area contributed by atoms with E-state index in [0.29, 0.717) is 0 Å². The largest absolute Gasteiger partial charge is 0.370 e. The third kappa shape index (κ3) is 4.44. The lowest BCUT2D eigenvalue weighted by atomic mass is 9.95. The third-order valence-electron chi connectivity index (χ3n) is 4.20. The molecule has 0 aliphatic heterocycles. The van der Waals surface area contributed by atoms with E-state index < -0.39 is 0 Å². The summed E-state index contributed by atoms with van der Waals surface area (Å²) in [6.07, 6.45) is 3.54. The number of hydrogen-bond donors (Lipinski definition) is 2. The lowest BCUT2D eigenvalue weighted by Crippen LogP contribution is -2.25. The minimum absolute atomic E-state index is 0.0104. The van der Waals surface area contributed by atoms with Crippen molar-refractivity contribution in [2.75, 3.05) is 11.9 Å². The topological polar surface area (TPSA) is 63.8 Å². The first-order valence-electron chi connectivity index (χ1n) is 8.26. The van der Waals surface area contributed by atoms with Gasteiger partial charge in [0.15, 0.2) is 0 Å². The molecule has 5 heteroatoms. The molecule has 3 N–H and O–H groups in total. The number of hydrogen-bond acceptors (Lipinski definition) is 4. The monoisotopic (exact) mass is 396 g/mol. The average Bonchev–Trinajstić information content (AvgIpc) is 2.68. The Bertz CT molecular complexity index is 808. The maximum Gasteiger partial charge on any atom is 0.126 e. The van der Waals surface area contributed by atoms with Gasteiger partial charge in [-0.15, -0.1) is 0 Å². The second kappa shape index (κ2) is 8.23. The highest BCUT2D eigenvalue weighted by atomic mass is 79.9. The zero-order valence-electron chi connectivity index (χ0n) is 14.1. The summed E-state index contributed by atoms with van der Waals surface area (Å²) in [5, 5.41) is 3.40. The fourth-order valence-corrected chi connectivity index (χ4v) is 3.10. The molecule has 0 aliphatic rings. The number of rotatable bonds is 6. The van der Waals surface area contributed by atoms with Gasteiger partial charge in [0.05, 0.1) is 5.69 Å². The number of aromatic nitrogens is 2. The van der Waals surface area contributed by atoms with E-state index in [1.54, 1.807) is 12.4 Å². The summed E-state index contributed by atoms with van der Waals surface area (Å²) < 4.78 is 0.957. The number of benzene rings is 1. The molecule has 3 aromatic rings. The fourth-order valence-electron chi connectivity index (χ4n) is 2.65. The number of nitrogens with two attached hydrogens (primary N) is 1. The van der Waals surface area contributed by atoms with Crippen LogP contribution in [-0.2, 0) is 0 Å². The first-order chi connectivity index (χ1) is 12.1. The van der Waals surface area contributed by atoms with E-state index in [1.807, 2.05) is 42.5 Å². The Morgan fingerprint density at radius 2 is 1.76 bits per heavy atom. The van der Waals surface area contributed by atoms with Crippen LogP contribution < -0.4 is 11.1 Å². The highest BCUT2D eigenvalue weighted by Gasteiger charge is 2.15. The molecule has 4 nitrogen and oxygen atoms in total. The molecule has 2 atom stereocenters. The molecule has 2 heterocycles. The van der Waals surface area contributed by atoms with Crippen molar-refractivity contribution in [2.45, 2.75) is 13.0 Å². The van der Waals surface area contributed by atoms with E-state index in [0.717, 1.165) is 33.7 Å². The van der Waals surface area contributed by atoms with Crippen molar-refractivity contribution in [3.63, 3.8) is 0 Å². The van der Waals surface area contributed by atoms with Crippen LogP contribution in [0.2, 0.25) is 0 Å². The average molecular weight is 397 g/mol. The summed E-state index contributed by atoms with van der Waals surface area (Å²) in [5.74, 6) is 1.11. The minimum atomic E-state index is -0.0104. The van der Waals surface area contributed by atoms with Crippen molar-refractivity contribution < 1.29 is 0 Å². The van der Waals surface area contributed by atoms with Gasteiger partial charge in [-0.1, -0.05) is 37.3 Å². The molecule has 3 rings (SSSR count). The van der Waals surface area contributed by atoms with Gasteiger partial charge < -0.3 is 11.1 Å². The van der Waals surface area contributed by atoms with Gasteiger partial charge in [-0.25, -0.2) is 4.98 Å². The summed E-state index contributed by atoms with van der Waals surface area (Å²) in [5.41, 5.74) is 9.45. The molecule has 1 aromatic carbocycles. The molecule has 0 fully saturated rings. The van der Waals surface area contributed by atoms with Gasteiger partial charge in [-0.3, -0.25) is 4.98 Å². The lowest BCUT2D eigenvalue weighted by molar-refractivity contribution is 0.493. The second-order valence-corrected chi connectivity index (χ2v) is 6.91. The van der Waals surface area contributed by atoms with Crippen molar-refractivity contribution in [1.29, 1.82) is 0 Å². The van der Waals surface area contributed by atoms with E-state index in [9.17, 15) is 0 Å². The maximum absolute atomic E-state index is 6.37. The van der Waals surface area contributed by atoms with Gasteiger partial charge in [-0.05, 0) is 51.7 Å². The van der Waals surface area contributed by atoms with E-state index in [4.69, 9.17) is 10.7 Å². The van der Waals surface area contributed by atoms with E-state index in [1.165, 1.54) is 0 Å². The molecule has 0 radical (unpaired) electrons. The van der Waals surface area contributed by atoms with Gasteiger partial charge >= 0.3 is 0 Å². The first-order valence-corrected chi connectivity index (χ1v) is 9.06. The van der Waals surface area contributed by atoms with Crippen LogP contribution in [0, 0.1) is 5.92 Å². The van der Waals surface area contributed by atoms with E-state index >= 15 is 0 Å². The summed E-state index contributed by atoms with van der Waals surface area (Å²) in [6, 6.07) is 18.0. The molecule has 0 saturated carbocycles. The van der Waals surface area contributed by atoms with Crippen LogP contribution in [0.5, 0.6) is 0 Å². The number of nitrogens with one attached hydrogen (secondary N) is 1. The molecular formula is C20H21BrN4. The first kappa shape index (κ1) is 17.6. The molecule has 0 saturated heterocycles. The maximum atomic E-state index is 6.37. The quantitative estimate of drug-likeness (QED) is 0.635. The van der Waals surface area contributed by atoms with Gasteiger partial charge in [0.2, 0.25) is 0 Å². The van der Waals surface area contributed by atoms with E-state index in [-0.39, 0.29) is 12.0 Å². The Hall–Kier alpha value is -2.24. The predicted octanol–water partition coefficient (Wildman–Crippen LogP) is 4.65. The van der Waals surface area contributed by atoms with Crippen LogP contribution in [0.1, 0.15) is 18.5 Å². The third-order valence-corrected chi connectivity index (χ3v) is 4.84. The summed E-state index contributed by atoms with van der Waals surface area (Å²) in [4.78, 5) is 8.78. The van der Waals surface area contributed by atoms with Gasteiger partial charge in [-0.2, -0.15) is 0 Å². The van der Waals surface area contributed by atoms with Crippen LogP contribution in [0.25, 0.3) is 11.3 Å². The molecular weight excluding hydrogens is 376 g/mol. The smallest absolute Gasteiger partial charge is 0.126 e. The highest BCUT2D eigenvalue weighted by molar-refractivity contribution is 9.10. The van der Waals surface area contributed by atoms with Gasteiger partial charge in [0.25, 0.3) is 0 Å². The van der Waals surface area contributed by atoms with Crippen molar-refractivity contribution in [3.05, 3.63) is 77.0 Å². The minimum Gasteiger partial charge on any atom is -0.370 e. The predicted molar refractivity (Wildman–Crippen MR) is 106 cm³/mol. The number of anilines is 1. The van der Waals surface area contributed by atoms with Crippen LogP contribution in [0.4, 0.5) is 5.82 Å². The van der Waals surface area contributed by atoms with Crippen molar-refractivity contribution >= 4 is 21.7 Å². The fraction of sp³-hybridized carbons (Fsp3) is 0.200. The zero-order chi connectivity index (χ0) is 17.6.